The first-order valence-corrected chi connectivity index (χ1v) is 8.56. The fraction of sp³-hybridized carbons (Fsp3) is 0.389. The molecule has 0 spiro atoms. The maximum absolute atomic E-state index is 13.9. The molecule has 0 atom stereocenters. The van der Waals surface area contributed by atoms with Crippen molar-refractivity contribution in [2.45, 2.75) is 13.5 Å². The van der Waals surface area contributed by atoms with Crippen LogP contribution in [0.1, 0.15) is 6.92 Å². The maximum Gasteiger partial charge on any atom is 0.327 e. The predicted octanol–water partition coefficient (Wildman–Crippen LogP) is 1.27. The molecule has 1 fully saturated rings. The van der Waals surface area contributed by atoms with E-state index in [1.54, 1.807) is 25.1 Å². The molecule has 0 amide bonds. The quantitative estimate of drug-likeness (QED) is 0.748. The second-order valence-corrected chi connectivity index (χ2v) is 5.92. The van der Waals surface area contributed by atoms with Crippen molar-refractivity contribution in [3.05, 3.63) is 52.6 Å². The minimum Gasteiger partial charge on any atom is -0.465 e. The highest BCUT2D eigenvalue weighted by Crippen LogP contribution is 2.21. The van der Waals surface area contributed by atoms with Crippen molar-refractivity contribution in [1.29, 1.82) is 0 Å². The lowest BCUT2D eigenvalue weighted by atomic mass is 10.2. The summed E-state index contributed by atoms with van der Waals surface area (Å²) < 4.78 is 19.9. The Bertz CT molecular complexity index is 831. The molecule has 2 aromatic rings. The molecule has 26 heavy (non-hydrogen) atoms. The van der Waals surface area contributed by atoms with Gasteiger partial charge in [0.2, 0.25) is 0 Å². The van der Waals surface area contributed by atoms with Crippen molar-refractivity contribution in [3.8, 4) is 0 Å². The number of halogens is 1. The molecule has 7 nitrogen and oxygen atoms in total. The average Bonchev–Trinajstić information content (AvgIpc) is 2.64. The number of para-hydroxylation sites is 1. The summed E-state index contributed by atoms with van der Waals surface area (Å²) in [7, 11) is 0. The van der Waals surface area contributed by atoms with Gasteiger partial charge in [0, 0.05) is 32.2 Å². The maximum atomic E-state index is 13.9. The molecule has 0 saturated carbocycles. The number of hydrogen-bond acceptors (Lipinski definition) is 6. The third-order valence-electron chi connectivity index (χ3n) is 4.23. The number of aromatic nitrogens is 2. The topological polar surface area (TPSA) is 67.7 Å². The standard InChI is InChI=1S/C18H21FN4O3/c1-2-26-18(25)13-23-17(24)8-7-16(20-23)22-11-9-21(10-12-22)15-6-4-3-5-14(15)19/h3-8H,2,9-13H2,1H3. The van der Waals surface area contributed by atoms with Crippen LogP contribution in [0.4, 0.5) is 15.9 Å². The molecule has 8 heteroatoms. The molecule has 1 aromatic carbocycles. The lowest BCUT2D eigenvalue weighted by Crippen LogP contribution is -2.47. The molecule has 0 radical (unpaired) electrons. The molecule has 0 aliphatic carbocycles. The fourth-order valence-corrected chi connectivity index (χ4v) is 2.93. The summed E-state index contributed by atoms with van der Waals surface area (Å²) in [6, 6.07) is 9.74. The van der Waals surface area contributed by atoms with E-state index in [0.29, 0.717) is 37.7 Å². The fourth-order valence-electron chi connectivity index (χ4n) is 2.93. The van der Waals surface area contributed by atoms with Gasteiger partial charge in [0.25, 0.3) is 5.56 Å². The molecule has 1 saturated heterocycles. The number of nitrogens with zero attached hydrogens (tertiary/aromatic N) is 4. The van der Waals surface area contributed by atoms with E-state index in [2.05, 4.69) is 5.10 Å². The molecule has 3 rings (SSSR count). The number of piperazine rings is 1. The Labute approximate surface area is 150 Å². The smallest absolute Gasteiger partial charge is 0.327 e. The van der Waals surface area contributed by atoms with Gasteiger partial charge in [0.05, 0.1) is 12.3 Å². The zero-order valence-corrected chi connectivity index (χ0v) is 14.6. The number of carbonyl (C=O) groups excluding carboxylic acids is 1. The van der Waals surface area contributed by atoms with E-state index in [1.807, 2.05) is 15.9 Å². The van der Waals surface area contributed by atoms with Crippen LogP contribution in [0.25, 0.3) is 0 Å². The lowest BCUT2D eigenvalue weighted by Gasteiger charge is -2.36. The third kappa shape index (κ3) is 4.01. The number of ether oxygens (including phenoxy) is 1. The Morgan fingerprint density at radius 2 is 1.81 bits per heavy atom. The van der Waals surface area contributed by atoms with Gasteiger partial charge in [-0.2, -0.15) is 5.10 Å². The van der Waals surface area contributed by atoms with Crippen LogP contribution in [-0.4, -0.2) is 48.5 Å². The number of esters is 1. The van der Waals surface area contributed by atoms with Gasteiger partial charge in [-0.25, -0.2) is 9.07 Å². The SMILES string of the molecule is CCOC(=O)Cn1nc(N2CCN(c3ccccc3F)CC2)ccc1=O. The first kappa shape index (κ1) is 17.9. The second kappa shape index (κ2) is 7.99. The normalized spacial score (nSPS) is 14.4. The summed E-state index contributed by atoms with van der Waals surface area (Å²) in [5.74, 6) is -0.118. The van der Waals surface area contributed by atoms with Gasteiger partial charge < -0.3 is 14.5 Å². The minimum absolute atomic E-state index is 0.213. The zero-order chi connectivity index (χ0) is 18.5. The van der Waals surface area contributed by atoms with Crippen LogP contribution in [0.3, 0.4) is 0 Å². The van der Waals surface area contributed by atoms with Crippen LogP contribution in [0, 0.1) is 5.82 Å². The first-order valence-electron chi connectivity index (χ1n) is 8.56. The second-order valence-electron chi connectivity index (χ2n) is 5.92. The number of rotatable bonds is 5. The first-order chi connectivity index (χ1) is 12.6. The van der Waals surface area contributed by atoms with Crippen LogP contribution < -0.4 is 15.4 Å². The number of carbonyl (C=O) groups is 1. The Hall–Kier alpha value is -2.90. The largest absolute Gasteiger partial charge is 0.465 e. The summed E-state index contributed by atoms with van der Waals surface area (Å²) in [4.78, 5) is 27.5. The Morgan fingerprint density at radius 1 is 1.12 bits per heavy atom. The van der Waals surface area contributed by atoms with Crippen LogP contribution in [-0.2, 0) is 16.1 Å². The molecule has 1 aromatic heterocycles. The summed E-state index contributed by atoms with van der Waals surface area (Å²) in [5, 5.41) is 4.27. The van der Waals surface area contributed by atoms with Crippen LogP contribution in [0.15, 0.2) is 41.2 Å². The highest BCUT2D eigenvalue weighted by atomic mass is 19.1. The van der Waals surface area contributed by atoms with E-state index in [9.17, 15) is 14.0 Å². The highest BCUT2D eigenvalue weighted by Gasteiger charge is 2.21. The molecule has 2 heterocycles. The van der Waals surface area contributed by atoms with Crippen LogP contribution in [0.2, 0.25) is 0 Å². The van der Waals surface area contributed by atoms with E-state index in [4.69, 9.17) is 4.74 Å². The Morgan fingerprint density at radius 3 is 2.50 bits per heavy atom. The highest BCUT2D eigenvalue weighted by molar-refractivity contribution is 5.69. The summed E-state index contributed by atoms with van der Waals surface area (Å²) in [6.07, 6.45) is 0. The lowest BCUT2D eigenvalue weighted by molar-refractivity contribution is -0.144. The summed E-state index contributed by atoms with van der Waals surface area (Å²) in [5.41, 5.74) is 0.235. The van der Waals surface area contributed by atoms with Gasteiger partial charge in [0.15, 0.2) is 0 Å². The van der Waals surface area contributed by atoms with Crippen molar-refractivity contribution in [3.63, 3.8) is 0 Å². The Kier molecular flexibility index (Phi) is 5.50. The van der Waals surface area contributed by atoms with Crippen molar-refractivity contribution >= 4 is 17.5 Å². The molecule has 1 aliphatic rings. The molecule has 0 bridgehead atoms. The van der Waals surface area contributed by atoms with E-state index in [0.717, 1.165) is 4.68 Å². The van der Waals surface area contributed by atoms with Gasteiger partial charge in [-0.15, -0.1) is 0 Å². The van der Waals surface area contributed by atoms with E-state index in [-0.39, 0.29) is 24.5 Å². The van der Waals surface area contributed by atoms with Crippen LogP contribution in [0.5, 0.6) is 0 Å². The molecular weight excluding hydrogens is 339 g/mol. The molecule has 0 unspecified atom stereocenters. The zero-order valence-electron chi connectivity index (χ0n) is 14.6. The molecule has 0 N–H and O–H groups in total. The van der Waals surface area contributed by atoms with E-state index < -0.39 is 5.97 Å². The van der Waals surface area contributed by atoms with Crippen molar-refractivity contribution < 1.29 is 13.9 Å². The van der Waals surface area contributed by atoms with Gasteiger partial charge in [-0.1, -0.05) is 12.1 Å². The monoisotopic (exact) mass is 360 g/mol. The van der Waals surface area contributed by atoms with Gasteiger partial charge >= 0.3 is 5.97 Å². The molecule has 138 valence electrons. The Balaban J connectivity index is 1.68. The summed E-state index contributed by atoms with van der Waals surface area (Å²) >= 11 is 0. The third-order valence-corrected chi connectivity index (χ3v) is 4.23. The van der Waals surface area contributed by atoms with Gasteiger partial charge in [0.1, 0.15) is 18.2 Å². The van der Waals surface area contributed by atoms with Crippen molar-refractivity contribution in [2.75, 3.05) is 42.6 Å². The number of hydrogen-bond donors (Lipinski definition) is 0. The van der Waals surface area contributed by atoms with Gasteiger partial charge in [-0.05, 0) is 25.1 Å². The average molecular weight is 360 g/mol. The number of benzene rings is 1. The minimum atomic E-state index is -0.497. The summed E-state index contributed by atoms with van der Waals surface area (Å²) in [6.45, 7) is 4.30. The van der Waals surface area contributed by atoms with E-state index >= 15 is 0 Å². The van der Waals surface area contributed by atoms with Gasteiger partial charge in [-0.3, -0.25) is 9.59 Å². The van der Waals surface area contributed by atoms with Crippen LogP contribution >= 0.6 is 0 Å². The predicted molar refractivity (Wildman–Crippen MR) is 96.0 cm³/mol. The van der Waals surface area contributed by atoms with Crippen molar-refractivity contribution in [2.24, 2.45) is 0 Å². The van der Waals surface area contributed by atoms with Crippen molar-refractivity contribution in [1.82, 2.24) is 9.78 Å². The van der Waals surface area contributed by atoms with E-state index in [1.165, 1.54) is 12.1 Å². The molecule has 1 aliphatic heterocycles. The molecular formula is C18H21FN4O3. The number of anilines is 2.